The summed E-state index contributed by atoms with van der Waals surface area (Å²) in [7, 11) is 1.82. The average molecular weight is 342 g/mol. The zero-order chi connectivity index (χ0) is 14.5. The summed E-state index contributed by atoms with van der Waals surface area (Å²) in [6, 6.07) is 9.94. The molecule has 20 heavy (non-hydrogen) atoms. The molecular formula is C15H14BrF2NO. The molecule has 2 aromatic rings. The lowest BCUT2D eigenvalue weighted by Gasteiger charge is -2.12. The Bertz CT molecular complexity index is 604. The van der Waals surface area contributed by atoms with Gasteiger partial charge < -0.3 is 10.1 Å². The van der Waals surface area contributed by atoms with E-state index >= 15 is 0 Å². The molecule has 0 aliphatic carbocycles. The van der Waals surface area contributed by atoms with Crippen LogP contribution < -0.4 is 10.1 Å². The van der Waals surface area contributed by atoms with Gasteiger partial charge in [-0.3, -0.25) is 0 Å². The molecule has 106 valence electrons. The molecule has 0 fully saturated rings. The Morgan fingerprint density at radius 3 is 2.65 bits per heavy atom. The van der Waals surface area contributed by atoms with Gasteiger partial charge in [0.15, 0.2) is 0 Å². The first kappa shape index (κ1) is 14.9. The summed E-state index contributed by atoms with van der Waals surface area (Å²) in [5, 5.41) is 3.02. The molecule has 0 aromatic heterocycles. The van der Waals surface area contributed by atoms with Crippen LogP contribution in [0.25, 0.3) is 0 Å². The fourth-order valence-corrected chi connectivity index (χ4v) is 2.20. The molecule has 0 saturated carbocycles. The van der Waals surface area contributed by atoms with Crippen molar-refractivity contribution in [1.29, 1.82) is 0 Å². The predicted molar refractivity (Wildman–Crippen MR) is 77.6 cm³/mol. The van der Waals surface area contributed by atoms with Crippen LogP contribution in [0.5, 0.6) is 5.75 Å². The standard InChI is InChI=1S/C15H14BrF2NO/c1-19-8-10-4-2-3-5-14(10)20-9-11-13(17)7-6-12(16)15(11)18/h2-7,19H,8-9H2,1H3. The molecule has 2 rings (SSSR count). The molecule has 0 atom stereocenters. The molecule has 0 saturated heterocycles. The first-order valence-electron chi connectivity index (χ1n) is 6.11. The van der Waals surface area contributed by atoms with E-state index in [-0.39, 0.29) is 16.6 Å². The van der Waals surface area contributed by atoms with E-state index in [4.69, 9.17) is 4.74 Å². The van der Waals surface area contributed by atoms with E-state index in [2.05, 4.69) is 21.2 Å². The maximum absolute atomic E-state index is 13.8. The number of rotatable bonds is 5. The van der Waals surface area contributed by atoms with Gasteiger partial charge in [0.2, 0.25) is 0 Å². The highest BCUT2D eigenvalue weighted by atomic mass is 79.9. The van der Waals surface area contributed by atoms with Crippen LogP contribution in [0.2, 0.25) is 0 Å². The minimum absolute atomic E-state index is 0.0846. The Balaban J connectivity index is 2.19. The molecule has 0 bridgehead atoms. The van der Waals surface area contributed by atoms with Crippen LogP contribution in [-0.4, -0.2) is 7.05 Å². The Hall–Kier alpha value is -1.46. The van der Waals surface area contributed by atoms with E-state index in [0.29, 0.717) is 12.3 Å². The third kappa shape index (κ3) is 3.35. The van der Waals surface area contributed by atoms with Crippen molar-refractivity contribution in [3.05, 3.63) is 63.6 Å². The summed E-state index contributed by atoms with van der Waals surface area (Å²) < 4.78 is 33.2. The lowest BCUT2D eigenvalue weighted by molar-refractivity contribution is 0.289. The van der Waals surface area contributed by atoms with Crippen LogP contribution in [0, 0.1) is 11.6 Å². The quantitative estimate of drug-likeness (QED) is 0.829. The molecule has 0 unspecified atom stereocenters. The second kappa shape index (κ2) is 6.81. The third-order valence-corrected chi connectivity index (χ3v) is 3.46. The third-order valence-electron chi connectivity index (χ3n) is 2.85. The number of hydrogen-bond acceptors (Lipinski definition) is 2. The van der Waals surface area contributed by atoms with Gasteiger partial charge in [0, 0.05) is 12.1 Å². The first-order valence-corrected chi connectivity index (χ1v) is 6.90. The monoisotopic (exact) mass is 341 g/mol. The fourth-order valence-electron chi connectivity index (χ4n) is 1.83. The molecule has 5 heteroatoms. The van der Waals surface area contributed by atoms with Crippen molar-refractivity contribution >= 4 is 15.9 Å². The van der Waals surface area contributed by atoms with E-state index in [9.17, 15) is 8.78 Å². The van der Waals surface area contributed by atoms with Crippen LogP contribution >= 0.6 is 15.9 Å². The second-order valence-electron chi connectivity index (χ2n) is 4.25. The fraction of sp³-hybridized carbons (Fsp3) is 0.200. The molecule has 0 amide bonds. The summed E-state index contributed by atoms with van der Waals surface area (Å²) in [4.78, 5) is 0. The zero-order valence-corrected chi connectivity index (χ0v) is 12.5. The van der Waals surface area contributed by atoms with Gasteiger partial charge in [-0.1, -0.05) is 18.2 Å². The molecule has 2 aromatic carbocycles. The predicted octanol–water partition coefficient (Wildman–Crippen LogP) is 4.03. The minimum atomic E-state index is -0.629. The maximum Gasteiger partial charge on any atom is 0.146 e. The van der Waals surface area contributed by atoms with Crippen molar-refractivity contribution in [1.82, 2.24) is 5.32 Å². The van der Waals surface area contributed by atoms with Gasteiger partial charge in [-0.15, -0.1) is 0 Å². The maximum atomic E-state index is 13.8. The van der Waals surface area contributed by atoms with Gasteiger partial charge in [0.25, 0.3) is 0 Å². The average Bonchev–Trinajstić information content (AvgIpc) is 2.45. The topological polar surface area (TPSA) is 21.3 Å². The van der Waals surface area contributed by atoms with Gasteiger partial charge in [-0.25, -0.2) is 8.78 Å². The number of para-hydroxylation sites is 1. The Kier molecular flexibility index (Phi) is 5.09. The highest BCUT2D eigenvalue weighted by Gasteiger charge is 2.13. The van der Waals surface area contributed by atoms with E-state index in [1.54, 1.807) is 6.07 Å². The number of halogens is 3. The van der Waals surface area contributed by atoms with Gasteiger partial charge in [0.05, 0.1) is 10.0 Å². The van der Waals surface area contributed by atoms with Gasteiger partial charge in [0.1, 0.15) is 24.0 Å². The molecule has 0 aliphatic rings. The molecular weight excluding hydrogens is 328 g/mol. The first-order chi connectivity index (χ1) is 9.63. The molecule has 1 N–H and O–H groups in total. The van der Waals surface area contributed by atoms with Crippen LogP contribution in [-0.2, 0) is 13.2 Å². The van der Waals surface area contributed by atoms with Crippen molar-refractivity contribution in [2.75, 3.05) is 7.05 Å². The minimum Gasteiger partial charge on any atom is -0.488 e. The SMILES string of the molecule is CNCc1ccccc1OCc1c(F)ccc(Br)c1F. The summed E-state index contributed by atoms with van der Waals surface area (Å²) >= 11 is 3.04. The molecule has 0 aliphatic heterocycles. The summed E-state index contributed by atoms with van der Waals surface area (Å²) in [6.45, 7) is 0.470. The van der Waals surface area contributed by atoms with Crippen molar-refractivity contribution < 1.29 is 13.5 Å². The Labute approximate surface area is 124 Å². The Morgan fingerprint density at radius 2 is 1.90 bits per heavy atom. The highest BCUT2D eigenvalue weighted by Crippen LogP contribution is 2.24. The van der Waals surface area contributed by atoms with Crippen LogP contribution in [0.1, 0.15) is 11.1 Å². The summed E-state index contributed by atoms with van der Waals surface area (Å²) in [5.74, 6) is -0.631. The molecule has 0 spiro atoms. The van der Waals surface area contributed by atoms with E-state index in [0.717, 1.165) is 5.56 Å². The zero-order valence-electron chi connectivity index (χ0n) is 10.9. The van der Waals surface area contributed by atoms with E-state index in [1.165, 1.54) is 12.1 Å². The van der Waals surface area contributed by atoms with Crippen molar-refractivity contribution in [2.24, 2.45) is 0 Å². The lowest BCUT2D eigenvalue weighted by Crippen LogP contribution is -2.08. The molecule has 0 heterocycles. The highest BCUT2D eigenvalue weighted by molar-refractivity contribution is 9.10. The van der Waals surface area contributed by atoms with Gasteiger partial charge in [-0.05, 0) is 41.2 Å². The summed E-state index contributed by atoms with van der Waals surface area (Å²) in [6.07, 6.45) is 0. The summed E-state index contributed by atoms with van der Waals surface area (Å²) in [5.41, 5.74) is 0.851. The van der Waals surface area contributed by atoms with Crippen molar-refractivity contribution in [3.63, 3.8) is 0 Å². The molecule has 2 nitrogen and oxygen atoms in total. The largest absolute Gasteiger partial charge is 0.488 e. The van der Waals surface area contributed by atoms with E-state index < -0.39 is 11.6 Å². The van der Waals surface area contributed by atoms with Crippen LogP contribution in [0.3, 0.4) is 0 Å². The van der Waals surface area contributed by atoms with Gasteiger partial charge >= 0.3 is 0 Å². The Morgan fingerprint density at radius 1 is 1.15 bits per heavy atom. The number of benzene rings is 2. The van der Waals surface area contributed by atoms with Gasteiger partial charge in [-0.2, -0.15) is 0 Å². The number of hydrogen-bond donors (Lipinski definition) is 1. The van der Waals surface area contributed by atoms with E-state index in [1.807, 2.05) is 25.2 Å². The number of nitrogens with one attached hydrogen (secondary N) is 1. The van der Waals surface area contributed by atoms with Crippen LogP contribution in [0.15, 0.2) is 40.9 Å². The lowest BCUT2D eigenvalue weighted by atomic mass is 10.2. The molecule has 0 radical (unpaired) electrons. The smallest absolute Gasteiger partial charge is 0.146 e. The normalized spacial score (nSPS) is 10.6. The van der Waals surface area contributed by atoms with Crippen LogP contribution in [0.4, 0.5) is 8.78 Å². The van der Waals surface area contributed by atoms with Crippen molar-refractivity contribution in [3.8, 4) is 5.75 Å². The van der Waals surface area contributed by atoms with Crippen molar-refractivity contribution in [2.45, 2.75) is 13.2 Å². The number of ether oxygens (including phenoxy) is 1. The second-order valence-corrected chi connectivity index (χ2v) is 5.10.